The van der Waals surface area contributed by atoms with Crippen molar-refractivity contribution >= 4 is 11.7 Å². The highest BCUT2D eigenvalue weighted by molar-refractivity contribution is 5.94. The summed E-state index contributed by atoms with van der Waals surface area (Å²) in [5.74, 6) is -0.536. The number of aromatic hydroxyl groups is 1. The van der Waals surface area contributed by atoms with Gasteiger partial charge < -0.3 is 24.6 Å². The number of fused-ring (bicyclic) bond motifs is 3. The average molecular weight is 341 g/mol. The third-order valence-electron chi connectivity index (χ3n) is 5.12. The zero-order chi connectivity index (χ0) is 17.6. The Morgan fingerprint density at radius 1 is 1.32 bits per heavy atom. The van der Waals surface area contributed by atoms with E-state index in [4.69, 9.17) is 14.2 Å². The van der Waals surface area contributed by atoms with E-state index < -0.39 is 11.4 Å². The number of ether oxygens (including phenoxy) is 3. The van der Waals surface area contributed by atoms with Gasteiger partial charge in [0.2, 0.25) is 0 Å². The molecule has 6 heteroatoms. The maximum absolute atomic E-state index is 12.2. The summed E-state index contributed by atoms with van der Waals surface area (Å²) < 4.78 is 16.0. The second kappa shape index (κ2) is 5.67. The molecule has 2 atom stereocenters. The van der Waals surface area contributed by atoms with Crippen LogP contribution in [0.4, 0.5) is 5.69 Å². The number of nitrogens with one attached hydrogen (secondary N) is 1. The van der Waals surface area contributed by atoms with Crippen LogP contribution in [-0.4, -0.2) is 38.1 Å². The van der Waals surface area contributed by atoms with Gasteiger partial charge in [-0.15, -0.1) is 0 Å². The Morgan fingerprint density at radius 2 is 2.12 bits per heavy atom. The topological polar surface area (TPSA) is 77.0 Å². The van der Waals surface area contributed by atoms with E-state index in [1.54, 1.807) is 12.1 Å². The SMILES string of the molecule is COC(=O)c1cc([C@]23CCO[C@H]2Nc2ccccc23)cc(O)c1OC. The molecule has 0 aromatic heterocycles. The fraction of sp³-hybridized carbons (Fsp3) is 0.316. The Morgan fingerprint density at radius 3 is 2.88 bits per heavy atom. The number of para-hydroxylation sites is 1. The van der Waals surface area contributed by atoms with E-state index in [-0.39, 0.29) is 23.3 Å². The van der Waals surface area contributed by atoms with E-state index in [1.807, 2.05) is 18.2 Å². The number of methoxy groups -OCH3 is 2. The Labute approximate surface area is 145 Å². The van der Waals surface area contributed by atoms with Crippen LogP contribution < -0.4 is 10.1 Å². The second-order valence-electron chi connectivity index (χ2n) is 6.23. The first-order chi connectivity index (χ1) is 12.1. The van der Waals surface area contributed by atoms with Gasteiger partial charge in [0.25, 0.3) is 0 Å². The Balaban J connectivity index is 1.95. The largest absolute Gasteiger partial charge is 0.504 e. The molecule has 130 valence electrons. The molecule has 0 amide bonds. The fourth-order valence-corrected chi connectivity index (χ4v) is 3.99. The first-order valence-corrected chi connectivity index (χ1v) is 8.09. The normalized spacial score (nSPS) is 23.5. The van der Waals surface area contributed by atoms with Gasteiger partial charge in [-0.1, -0.05) is 18.2 Å². The van der Waals surface area contributed by atoms with Crippen molar-refractivity contribution in [2.75, 3.05) is 26.1 Å². The van der Waals surface area contributed by atoms with Crippen molar-refractivity contribution in [2.24, 2.45) is 0 Å². The van der Waals surface area contributed by atoms with E-state index in [0.717, 1.165) is 23.2 Å². The highest BCUT2D eigenvalue weighted by atomic mass is 16.5. The van der Waals surface area contributed by atoms with Crippen LogP contribution in [0.3, 0.4) is 0 Å². The lowest BCUT2D eigenvalue weighted by Crippen LogP contribution is -2.36. The molecule has 1 saturated heterocycles. The number of carbonyl (C=O) groups excluding carboxylic acids is 1. The van der Waals surface area contributed by atoms with Gasteiger partial charge in [0.15, 0.2) is 11.5 Å². The van der Waals surface area contributed by atoms with Gasteiger partial charge in [-0.3, -0.25) is 0 Å². The maximum atomic E-state index is 12.2. The zero-order valence-electron chi connectivity index (χ0n) is 14.0. The summed E-state index contributed by atoms with van der Waals surface area (Å²) in [5, 5.41) is 13.8. The maximum Gasteiger partial charge on any atom is 0.341 e. The summed E-state index contributed by atoms with van der Waals surface area (Å²) in [6, 6.07) is 11.4. The van der Waals surface area contributed by atoms with E-state index in [1.165, 1.54) is 14.2 Å². The number of anilines is 1. The number of phenolic OH excluding ortho intramolecular Hbond substituents is 1. The van der Waals surface area contributed by atoms with Gasteiger partial charge >= 0.3 is 5.97 Å². The van der Waals surface area contributed by atoms with Crippen LogP contribution >= 0.6 is 0 Å². The van der Waals surface area contributed by atoms with Crippen LogP contribution in [0.5, 0.6) is 11.5 Å². The molecule has 1 fully saturated rings. The van der Waals surface area contributed by atoms with Crippen molar-refractivity contribution in [3.63, 3.8) is 0 Å². The van der Waals surface area contributed by atoms with Crippen LogP contribution in [0.2, 0.25) is 0 Å². The first-order valence-electron chi connectivity index (χ1n) is 8.09. The molecule has 2 aliphatic heterocycles. The minimum atomic E-state index is -0.555. The third kappa shape index (κ3) is 2.10. The minimum Gasteiger partial charge on any atom is -0.504 e. The zero-order valence-corrected chi connectivity index (χ0v) is 14.0. The van der Waals surface area contributed by atoms with Crippen molar-refractivity contribution in [3.05, 3.63) is 53.1 Å². The number of hydrogen-bond donors (Lipinski definition) is 2. The summed E-state index contributed by atoms with van der Waals surface area (Å²) in [6.07, 6.45) is 0.497. The Kier molecular flexibility index (Phi) is 3.58. The van der Waals surface area contributed by atoms with Gasteiger partial charge in [-0.25, -0.2) is 4.79 Å². The molecule has 2 aromatic carbocycles. The van der Waals surface area contributed by atoms with Gasteiger partial charge in [0, 0.05) is 5.69 Å². The van der Waals surface area contributed by atoms with Gasteiger partial charge in [-0.2, -0.15) is 0 Å². The van der Waals surface area contributed by atoms with Crippen LogP contribution in [0.25, 0.3) is 0 Å². The highest BCUT2D eigenvalue weighted by Crippen LogP contribution is 2.53. The molecule has 0 saturated carbocycles. The first kappa shape index (κ1) is 15.8. The van der Waals surface area contributed by atoms with Crippen molar-refractivity contribution in [2.45, 2.75) is 18.1 Å². The van der Waals surface area contributed by atoms with E-state index >= 15 is 0 Å². The smallest absolute Gasteiger partial charge is 0.341 e. The van der Waals surface area contributed by atoms with Crippen LogP contribution in [0.1, 0.15) is 27.9 Å². The highest BCUT2D eigenvalue weighted by Gasteiger charge is 2.53. The monoisotopic (exact) mass is 341 g/mol. The summed E-state index contributed by atoms with van der Waals surface area (Å²) in [5.41, 5.74) is 2.62. The summed E-state index contributed by atoms with van der Waals surface area (Å²) in [4.78, 5) is 12.2. The van der Waals surface area contributed by atoms with Gasteiger partial charge in [0.1, 0.15) is 11.8 Å². The molecule has 0 radical (unpaired) electrons. The molecule has 2 aliphatic rings. The van der Waals surface area contributed by atoms with Crippen LogP contribution in [0, 0.1) is 0 Å². The molecule has 2 heterocycles. The molecule has 2 aromatic rings. The van der Waals surface area contributed by atoms with Crippen molar-refractivity contribution < 1.29 is 24.1 Å². The Hall–Kier alpha value is -2.73. The summed E-state index contributed by atoms with van der Waals surface area (Å²) in [6.45, 7) is 0.590. The molecular formula is C19H19NO5. The molecule has 4 rings (SSSR count). The number of benzene rings is 2. The summed E-state index contributed by atoms with van der Waals surface area (Å²) in [7, 11) is 2.71. The molecule has 0 spiro atoms. The minimum absolute atomic E-state index is 0.0928. The molecule has 0 unspecified atom stereocenters. The number of esters is 1. The molecule has 0 bridgehead atoms. The van der Waals surface area contributed by atoms with Crippen LogP contribution in [-0.2, 0) is 14.9 Å². The standard InChI is InChI=1S/C19H19NO5/c1-23-16-12(17(22)24-2)9-11(10-15(16)21)19-7-8-25-18(19)20-14-6-4-3-5-13(14)19/h3-6,9-10,18,20-21H,7-8H2,1-2H3/t18-,19+/m1/s1. The van der Waals surface area contributed by atoms with Gasteiger partial charge in [0.05, 0.1) is 26.2 Å². The van der Waals surface area contributed by atoms with Gasteiger partial charge in [-0.05, 0) is 35.7 Å². The number of hydrogen-bond acceptors (Lipinski definition) is 6. The Bertz CT molecular complexity index is 850. The number of rotatable bonds is 3. The van der Waals surface area contributed by atoms with Crippen molar-refractivity contribution in [1.82, 2.24) is 0 Å². The predicted molar refractivity (Wildman–Crippen MR) is 91.2 cm³/mol. The lowest BCUT2D eigenvalue weighted by atomic mass is 9.73. The number of phenols is 1. The second-order valence-corrected chi connectivity index (χ2v) is 6.23. The van der Waals surface area contributed by atoms with Crippen molar-refractivity contribution in [3.8, 4) is 11.5 Å². The average Bonchev–Trinajstić information content (AvgIpc) is 3.17. The van der Waals surface area contributed by atoms with E-state index in [0.29, 0.717) is 6.61 Å². The molecule has 0 aliphatic carbocycles. The van der Waals surface area contributed by atoms with Crippen LogP contribution in [0.15, 0.2) is 36.4 Å². The molecule has 2 N–H and O–H groups in total. The summed E-state index contributed by atoms with van der Waals surface area (Å²) >= 11 is 0. The van der Waals surface area contributed by atoms with E-state index in [9.17, 15) is 9.90 Å². The molecule has 6 nitrogen and oxygen atoms in total. The lowest BCUT2D eigenvalue weighted by molar-refractivity contribution is 0.0595. The molecular weight excluding hydrogens is 322 g/mol. The fourth-order valence-electron chi connectivity index (χ4n) is 3.99. The van der Waals surface area contributed by atoms with E-state index in [2.05, 4.69) is 11.4 Å². The third-order valence-corrected chi connectivity index (χ3v) is 5.12. The lowest BCUT2D eigenvalue weighted by Gasteiger charge is -2.29. The predicted octanol–water partition coefficient (Wildman–Crippen LogP) is 2.65. The molecule has 25 heavy (non-hydrogen) atoms. The quantitative estimate of drug-likeness (QED) is 0.836. The van der Waals surface area contributed by atoms with Crippen molar-refractivity contribution in [1.29, 1.82) is 0 Å². The number of carbonyl (C=O) groups is 1.